The molecule has 0 saturated heterocycles. The van der Waals surface area contributed by atoms with Crippen molar-refractivity contribution in [1.82, 2.24) is 0 Å². The number of nitrogens with one attached hydrogen (secondary N) is 1. The normalized spacial score (nSPS) is 18.6. The monoisotopic (exact) mass is 247 g/mol. The molecule has 1 aliphatic heterocycles. The molecule has 2 nitrogen and oxygen atoms in total. The van der Waals surface area contributed by atoms with E-state index >= 15 is 0 Å². The Balaban J connectivity index is 2.04. The molecule has 3 rings (SSSR count). The summed E-state index contributed by atoms with van der Waals surface area (Å²) >= 11 is 1.63. The molecule has 1 atom stereocenters. The summed E-state index contributed by atoms with van der Waals surface area (Å²) in [6, 6.07) is 8.29. The highest BCUT2D eigenvalue weighted by Gasteiger charge is 2.27. The van der Waals surface area contributed by atoms with Crippen LogP contribution >= 0.6 is 11.3 Å². The summed E-state index contributed by atoms with van der Waals surface area (Å²) < 4.78 is 12.9. The first-order chi connectivity index (χ1) is 8.24. The molecule has 0 aliphatic carbocycles. The van der Waals surface area contributed by atoms with Gasteiger partial charge in [-0.3, -0.25) is 4.79 Å². The summed E-state index contributed by atoms with van der Waals surface area (Å²) in [5, 5.41) is 4.81. The standard InChI is InChI=1S/C13H10FNOS/c14-9-3-1-8(2-4-9)10-7-12(16)15-11-5-6-17-13(10)11/h1-6,10H,7H2,(H,15,16)/t10-/m0/s1. The Morgan fingerprint density at radius 2 is 2.00 bits per heavy atom. The van der Waals surface area contributed by atoms with Crippen LogP contribution in [0.2, 0.25) is 0 Å². The van der Waals surface area contributed by atoms with Crippen molar-refractivity contribution in [3.63, 3.8) is 0 Å². The van der Waals surface area contributed by atoms with Crippen molar-refractivity contribution in [2.24, 2.45) is 0 Å². The van der Waals surface area contributed by atoms with Crippen LogP contribution in [0.15, 0.2) is 35.7 Å². The van der Waals surface area contributed by atoms with Gasteiger partial charge >= 0.3 is 0 Å². The van der Waals surface area contributed by atoms with Crippen molar-refractivity contribution in [2.75, 3.05) is 5.32 Å². The van der Waals surface area contributed by atoms with Crippen molar-refractivity contribution in [2.45, 2.75) is 12.3 Å². The average Bonchev–Trinajstić information content (AvgIpc) is 2.77. The van der Waals surface area contributed by atoms with Gasteiger partial charge in [-0.25, -0.2) is 4.39 Å². The van der Waals surface area contributed by atoms with Gasteiger partial charge in [0.15, 0.2) is 0 Å². The average molecular weight is 247 g/mol. The molecule has 0 unspecified atom stereocenters. The number of halogens is 1. The molecular formula is C13H10FNOS. The van der Waals surface area contributed by atoms with Crippen molar-refractivity contribution < 1.29 is 9.18 Å². The minimum Gasteiger partial charge on any atom is -0.325 e. The third kappa shape index (κ3) is 1.85. The third-order valence-electron chi connectivity index (χ3n) is 2.95. The van der Waals surface area contributed by atoms with Gasteiger partial charge in [-0.2, -0.15) is 0 Å². The molecule has 1 aromatic carbocycles. The summed E-state index contributed by atoms with van der Waals surface area (Å²) in [4.78, 5) is 12.7. The molecule has 0 saturated carbocycles. The maximum absolute atomic E-state index is 12.9. The van der Waals surface area contributed by atoms with Gasteiger partial charge in [0.05, 0.1) is 5.69 Å². The lowest BCUT2D eigenvalue weighted by molar-refractivity contribution is -0.116. The molecule has 1 amide bonds. The predicted molar refractivity (Wildman–Crippen MR) is 65.8 cm³/mol. The Morgan fingerprint density at radius 3 is 2.76 bits per heavy atom. The second-order valence-corrected chi connectivity index (χ2v) is 5.00. The molecule has 0 radical (unpaired) electrons. The molecule has 2 heterocycles. The topological polar surface area (TPSA) is 29.1 Å². The minimum atomic E-state index is -0.250. The molecule has 2 aromatic rings. The molecule has 1 N–H and O–H groups in total. The Kier molecular flexibility index (Phi) is 2.44. The van der Waals surface area contributed by atoms with E-state index in [0.717, 1.165) is 16.1 Å². The zero-order valence-electron chi connectivity index (χ0n) is 8.94. The van der Waals surface area contributed by atoms with E-state index in [9.17, 15) is 9.18 Å². The Bertz CT molecular complexity index is 561. The van der Waals surface area contributed by atoms with E-state index in [2.05, 4.69) is 5.32 Å². The van der Waals surface area contributed by atoms with Crippen LogP contribution in [0.3, 0.4) is 0 Å². The van der Waals surface area contributed by atoms with E-state index in [1.807, 2.05) is 11.4 Å². The first-order valence-electron chi connectivity index (χ1n) is 5.37. The summed E-state index contributed by atoms with van der Waals surface area (Å²) in [6.45, 7) is 0. The molecule has 1 aliphatic rings. The lowest BCUT2D eigenvalue weighted by atomic mass is 9.91. The molecule has 0 bridgehead atoms. The van der Waals surface area contributed by atoms with E-state index in [4.69, 9.17) is 0 Å². The Hall–Kier alpha value is -1.68. The highest BCUT2D eigenvalue weighted by Crippen LogP contribution is 2.40. The van der Waals surface area contributed by atoms with Gasteiger partial charge in [0.25, 0.3) is 0 Å². The van der Waals surface area contributed by atoms with Gasteiger partial charge in [0.1, 0.15) is 5.82 Å². The number of rotatable bonds is 1. The fraction of sp³-hybridized carbons (Fsp3) is 0.154. The quantitative estimate of drug-likeness (QED) is 0.822. The van der Waals surface area contributed by atoms with Crippen LogP contribution in [0.25, 0.3) is 0 Å². The smallest absolute Gasteiger partial charge is 0.225 e. The molecule has 17 heavy (non-hydrogen) atoms. The van der Waals surface area contributed by atoms with Crippen molar-refractivity contribution >= 4 is 22.9 Å². The first kappa shape index (κ1) is 10.5. The second-order valence-electron chi connectivity index (χ2n) is 4.05. The fourth-order valence-electron chi connectivity index (χ4n) is 2.14. The highest BCUT2D eigenvalue weighted by molar-refractivity contribution is 7.10. The molecule has 1 aromatic heterocycles. The number of hydrogen-bond donors (Lipinski definition) is 1. The number of amides is 1. The molecule has 0 spiro atoms. The van der Waals surface area contributed by atoms with E-state index < -0.39 is 0 Å². The van der Waals surface area contributed by atoms with Gasteiger partial charge in [-0.15, -0.1) is 11.3 Å². The van der Waals surface area contributed by atoms with Crippen LogP contribution in [0, 0.1) is 5.82 Å². The molecule has 4 heteroatoms. The van der Waals surface area contributed by atoms with Gasteiger partial charge in [-0.1, -0.05) is 12.1 Å². The summed E-state index contributed by atoms with van der Waals surface area (Å²) in [7, 11) is 0. The van der Waals surface area contributed by atoms with Gasteiger partial charge in [-0.05, 0) is 29.1 Å². The van der Waals surface area contributed by atoms with Crippen LogP contribution < -0.4 is 5.32 Å². The summed E-state index contributed by atoms with van der Waals surface area (Å²) in [6.07, 6.45) is 0.430. The zero-order valence-corrected chi connectivity index (χ0v) is 9.76. The lowest BCUT2D eigenvalue weighted by Crippen LogP contribution is -2.21. The highest BCUT2D eigenvalue weighted by atomic mass is 32.1. The van der Waals surface area contributed by atoms with Crippen LogP contribution in [0.4, 0.5) is 10.1 Å². The molecule has 86 valence electrons. The number of hydrogen-bond acceptors (Lipinski definition) is 2. The first-order valence-corrected chi connectivity index (χ1v) is 6.25. The molecule has 0 fully saturated rings. The number of carbonyl (C=O) groups excluding carboxylic acids is 1. The minimum absolute atomic E-state index is 0.0187. The Morgan fingerprint density at radius 1 is 1.24 bits per heavy atom. The number of thiophene rings is 1. The SMILES string of the molecule is O=C1C[C@@H](c2ccc(F)cc2)c2sccc2N1. The van der Waals surface area contributed by atoms with Gasteiger partial charge in [0, 0.05) is 17.2 Å². The summed E-state index contributed by atoms with van der Waals surface area (Å²) in [5.74, 6) is -0.176. The summed E-state index contributed by atoms with van der Waals surface area (Å²) in [5.41, 5.74) is 1.88. The lowest BCUT2D eigenvalue weighted by Gasteiger charge is -2.22. The second kappa shape index (κ2) is 3.96. The van der Waals surface area contributed by atoms with Gasteiger partial charge in [0.2, 0.25) is 5.91 Å². The largest absolute Gasteiger partial charge is 0.325 e. The van der Waals surface area contributed by atoms with Gasteiger partial charge < -0.3 is 5.32 Å². The Labute approximate surface area is 102 Å². The number of benzene rings is 1. The van der Waals surface area contributed by atoms with Crippen molar-refractivity contribution in [3.8, 4) is 0 Å². The maximum Gasteiger partial charge on any atom is 0.225 e. The van der Waals surface area contributed by atoms with E-state index in [-0.39, 0.29) is 17.6 Å². The van der Waals surface area contributed by atoms with Crippen molar-refractivity contribution in [1.29, 1.82) is 0 Å². The van der Waals surface area contributed by atoms with Crippen LogP contribution in [0.5, 0.6) is 0 Å². The number of fused-ring (bicyclic) bond motifs is 1. The van der Waals surface area contributed by atoms with Crippen LogP contribution in [0.1, 0.15) is 22.8 Å². The van der Waals surface area contributed by atoms with E-state index in [0.29, 0.717) is 6.42 Å². The zero-order chi connectivity index (χ0) is 11.8. The van der Waals surface area contributed by atoms with E-state index in [1.165, 1.54) is 12.1 Å². The van der Waals surface area contributed by atoms with Crippen molar-refractivity contribution in [3.05, 3.63) is 52.0 Å². The van der Waals surface area contributed by atoms with Crippen LogP contribution in [-0.4, -0.2) is 5.91 Å². The van der Waals surface area contributed by atoms with Crippen LogP contribution in [-0.2, 0) is 4.79 Å². The number of carbonyl (C=O) groups is 1. The fourth-order valence-corrected chi connectivity index (χ4v) is 3.12. The third-order valence-corrected chi connectivity index (χ3v) is 3.98. The predicted octanol–water partition coefficient (Wildman–Crippen LogP) is 3.36. The number of anilines is 1. The molecular weight excluding hydrogens is 237 g/mol. The maximum atomic E-state index is 12.9. The van der Waals surface area contributed by atoms with E-state index in [1.54, 1.807) is 23.5 Å².